The van der Waals surface area contributed by atoms with E-state index < -0.39 is 0 Å². The minimum Gasteiger partial charge on any atom is -0.350 e. The highest BCUT2D eigenvalue weighted by Gasteiger charge is 2.45. The van der Waals surface area contributed by atoms with Crippen LogP contribution in [-0.4, -0.2) is 24.5 Å². The highest BCUT2D eigenvalue weighted by atomic mass is 79.9. The minimum atomic E-state index is -0.202. The molecular formula is C17H17BrClN3O. The zero-order chi connectivity index (χ0) is 16.4. The first kappa shape index (κ1) is 16.3. The molecule has 1 amide bonds. The number of nitrogens with one attached hydrogen (secondary N) is 1. The quantitative estimate of drug-likeness (QED) is 0.840. The van der Waals surface area contributed by atoms with Gasteiger partial charge < -0.3 is 10.2 Å². The molecule has 0 aliphatic heterocycles. The van der Waals surface area contributed by atoms with Crippen LogP contribution in [0.4, 0.5) is 5.82 Å². The van der Waals surface area contributed by atoms with Gasteiger partial charge in [0.15, 0.2) is 0 Å². The molecule has 0 unspecified atom stereocenters. The van der Waals surface area contributed by atoms with E-state index in [-0.39, 0.29) is 18.0 Å². The Hall–Kier alpha value is -1.59. The van der Waals surface area contributed by atoms with E-state index in [2.05, 4.69) is 38.4 Å². The van der Waals surface area contributed by atoms with Crippen molar-refractivity contribution in [3.63, 3.8) is 0 Å². The molecule has 0 radical (unpaired) electrons. The number of carbonyl (C=O) groups is 1. The summed E-state index contributed by atoms with van der Waals surface area (Å²) in [6.07, 6.45) is 3.53. The number of pyridine rings is 1. The molecule has 3 rings (SSSR count). The molecule has 1 heterocycles. The summed E-state index contributed by atoms with van der Waals surface area (Å²) in [6, 6.07) is 11.7. The molecule has 1 aromatic heterocycles. The largest absolute Gasteiger partial charge is 0.350 e. The average Bonchev–Trinajstić information content (AvgIpc) is 3.29. The second-order valence-corrected chi connectivity index (χ2v) is 7.18. The maximum Gasteiger partial charge on any atom is 0.240 e. The molecule has 1 saturated carbocycles. The minimum absolute atomic E-state index is 0.00957. The van der Waals surface area contributed by atoms with Gasteiger partial charge in [-0.25, -0.2) is 4.98 Å². The van der Waals surface area contributed by atoms with Crippen molar-refractivity contribution in [2.45, 2.75) is 18.4 Å². The van der Waals surface area contributed by atoms with Gasteiger partial charge >= 0.3 is 0 Å². The molecule has 0 bridgehead atoms. The van der Waals surface area contributed by atoms with Crippen LogP contribution < -0.4 is 10.2 Å². The van der Waals surface area contributed by atoms with E-state index in [9.17, 15) is 4.79 Å². The first-order valence-electron chi connectivity index (χ1n) is 7.38. The molecule has 1 fully saturated rings. The number of hydrogen-bond donors (Lipinski definition) is 1. The second-order valence-electron chi connectivity index (χ2n) is 5.83. The van der Waals surface area contributed by atoms with Crippen LogP contribution in [0.3, 0.4) is 0 Å². The molecule has 1 aromatic carbocycles. The van der Waals surface area contributed by atoms with Crippen LogP contribution in [0.5, 0.6) is 0 Å². The Labute approximate surface area is 149 Å². The summed E-state index contributed by atoms with van der Waals surface area (Å²) in [6.45, 7) is 0.257. The lowest BCUT2D eigenvalue weighted by atomic mass is 10.1. The van der Waals surface area contributed by atoms with Crippen LogP contribution in [0, 0.1) is 0 Å². The van der Waals surface area contributed by atoms with E-state index in [0.717, 1.165) is 28.7 Å². The van der Waals surface area contributed by atoms with Crippen LogP contribution >= 0.6 is 27.5 Å². The Morgan fingerprint density at radius 3 is 2.57 bits per heavy atom. The lowest BCUT2D eigenvalue weighted by Gasteiger charge is -2.22. The fourth-order valence-corrected chi connectivity index (χ4v) is 2.95. The highest BCUT2D eigenvalue weighted by Crippen LogP contribution is 2.45. The predicted molar refractivity (Wildman–Crippen MR) is 95.7 cm³/mol. The van der Waals surface area contributed by atoms with Gasteiger partial charge in [-0.2, -0.15) is 0 Å². The SMILES string of the molecule is CN(CC(=O)NC1(c2ccc(Br)cc2)CC1)c1ccc(Cl)cn1. The van der Waals surface area contributed by atoms with Gasteiger partial charge in [0.2, 0.25) is 5.91 Å². The molecule has 0 atom stereocenters. The lowest BCUT2D eigenvalue weighted by Crippen LogP contribution is -2.41. The van der Waals surface area contributed by atoms with E-state index in [0.29, 0.717) is 5.02 Å². The third-order valence-electron chi connectivity index (χ3n) is 4.01. The fourth-order valence-electron chi connectivity index (χ4n) is 2.58. The van der Waals surface area contributed by atoms with Gasteiger partial charge in [-0.1, -0.05) is 39.7 Å². The molecule has 1 N–H and O–H groups in total. The van der Waals surface area contributed by atoms with Crippen molar-refractivity contribution < 1.29 is 4.79 Å². The van der Waals surface area contributed by atoms with Crippen LogP contribution in [0.2, 0.25) is 5.02 Å². The van der Waals surface area contributed by atoms with Crippen molar-refractivity contribution in [2.24, 2.45) is 0 Å². The number of nitrogens with zero attached hydrogens (tertiary/aromatic N) is 2. The zero-order valence-corrected chi connectivity index (χ0v) is 15.1. The molecule has 2 aromatic rings. The maximum absolute atomic E-state index is 12.4. The number of carbonyl (C=O) groups excluding carboxylic acids is 1. The number of anilines is 1. The van der Waals surface area contributed by atoms with Gasteiger partial charge in [0, 0.05) is 17.7 Å². The average molecular weight is 395 g/mol. The summed E-state index contributed by atoms with van der Waals surface area (Å²) < 4.78 is 1.04. The number of amides is 1. The van der Waals surface area contributed by atoms with Gasteiger partial charge in [-0.05, 0) is 42.7 Å². The van der Waals surface area contributed by atoms with Crippen molar-refractivity contribution in [2.75, 3.05) is 18.5 Å². The van der Waals surface area contributed by atoms with Crippen LogP contribution in [0.1, 0.15) is 18.4 Å². The molecule has 1 aliphatic carbocycles. The van der Waals surface area contributed by atoms with E-state index in [1.165, 1.54) is 0 Å². The highest BCUT2D eigenvalue weighted by molar-refractivity contribution is 9.10. The first-order valence-corrected chi connectivity index (χ1v) is 8.55. The molecule has 1 aliphatic rings. The zero-order valence-electron chi connectivity index (χ0n) is 12.7. The monoisotopic (exact) mass is 393 g/mol. The summed E-state index contributed by atoms with van der Waals surface area (Å²) in [7, 11) is 1.84. The summed E-state index contributed by atoms with van der Waals surface area (Å²) in [5.41, 5.74) is 0.952. The number of halogens is 2. The Balaban J connectivity index is 1.63. The van der Waals surface area contributed by atoms with Gasteiger partial charge in [0.25, 0.3) is 0 Å². The van der Waals surface area contributed by atoms with Crippen molar-refractivity contribution in [3.8, 4) is 0 Å². The lowest BCUT2D eigenvalue weighted by molar-refractivity contribution is -0.120. The van der Waals surface area contributed by atoms with Crippen LogP contribution in [0.15, 0.2) is 47.1 Å². The number of likely N-dealkylation sites (N-methyl/N-ethyl adjacent to an activating group) is 1. The third-order valence-corrected chi connectivity index (χ3v) is 4.76. The molecule has 4 nitrogen and oxygen atoms in total. The van der Waals surface area contributed by atoms with E-state index in [1.807, 2.05) is 24.1 Å². The van der Waals surface area contributed by atoms with E-state index in [1.54, 1.807) is 18.3 Å². The predicted octanol–water partition coefficient (Wildman–Crippen LogP) is 3.74. The second kappa shape index (κ2) is 6.49. The molecular weight excluding hydrogens is 378 g/mol. The Kier molecular flexibility index (Phi) is 4.60. The summed E-state index contributed by atoms with van der Waals surface area (Å²) >= 11 is 9.27. The van der Waals surface area contributed by atoms with Gasteiger partial charge in [0.05, 0.1) is 17.1 Å². The Morgan fingerprint density at radius 2 is 2.00 bits per heavy atom. The smallest absolute Gasteiger partial charge is 0.240 e. The fraction of sp³-hybridized carbons (Fsp3) is 0.294. The van der Waals surface area contributed by atoms with Crippen molar-refractivity contribution in [1.29, 1.82) is 0 Å². The third kappa shape index (κ3) is 3.85. The number of aromatic nitrogens is 1. The van der Waals surface area contributed by atoms with Crippen molar-refractivity contribution in [3.05, 3.63) is 57.7 Å². The van der Waals surface area contributed by atoms with Crippen LogP contribution in [-0.2, 0) is 10.3 Å². The summed E-state index contributed by atoms with van der Waals surface area (Å²) in [5.74, 6) is 0.711. The summed E-state index contributed by atoms with van der Waals surface area (Å²) in [4.78, 5) is 18.4. The molecule has 0 spiro atoms. The van der Waals surface area contributed by atoms with Crippen LogP contribution in [0.25, 0.3) is 0 Å². The van der Waals surface area contributed by atoms with Gasteiger partial charge in [0.1, 0.15) is 5.82 Å². The van der Waals surface area contributed by atoms with Gasteiger partial charge in [-0.3, -0.25) is 4.79 Å². The number of rotatable bonds is 5. The topological polar surface area (TPSA) is 45.2 Å². The van der Waals surface area contributed by atoms with E-state index >= 15 is 0 Å². The number of hydrogen-bond acceptors (Lipinski definition) is 3. The van der Waals surface area contributed by atoms with Crippen molar-refractivity contribution in [1.82, 2.24) is 10.3 Å². The molecule has 0 saturated heterocycles. The van der Waals surface area contributed by atoms with Crippen molar-refractivity contribution >= 4 is 39.3 Å². The molecule has 6 heteroatoms. The number of benzene rings is 1. The first-order chi connectivity index (χ1) is 11.0. The van der Waals surface area contributed by atoms with Gasteiger partial charge in [-0.15, -0.1) is 0 Å². The molecule has 120 valence electrons. The van der Waals surface area contributed by atoms with E-state index in [4.69, 9.17) is 11.6 Å². The Morgan fingerprint density at radius 1 is 1.30 bits per heavy atom. The Bertz CT molecular complexity index is 699. The maximum atomic E-state index is 12.4. The summed E-state index contributed by atoms with van der Waals surface area (Å²) in [5, 5.41) is 3.75. The normalized spacial score (nSPS) is 15.1. The standard InChI is InChI=1S/C17H17BrClN3O/c1-22(15-7-6-14(19)10-20-15)11-16(23)21-17(8-9-17)12-2-4-13(18)5-3-12/h2-7,10H,8-9,11H2,1H3,(H,21,23). The molecule has 23 heavy (non-hydrogen) atoms.